The van der Waals surface area contributed by atoms with Crippen LogP contribution in [-0.2, 0) is 17.8 Å². The van der Waals surface area contributed by atoms with Gasteiger partial charge in [-0.3, -0.25) is 9.36 Å². The third-order valence-electron chi connectivity index (χ3n) is 3.98. The Balaban J connectivity index is 1.66. The third-order valence-corrected chi connectivity index (χ3v) is 4.95. The summed E-state index contributed by atoms with van der Waals surface area (Å²) in [5.41, 5.74) is 2.29. The molecule has 0 radical (unpaired) electrons. The van der Waals surface area contributed by atoms with Crippen LogP contribution in [0.15, 0.2) is 66.3 Å². The molecule has 0 spiro atoms. The number of rotatable bonds is 8. The first-order valence-corrected chi connectivity index (χ1v) is 9.78. The van der Waals surface area contributed by atoms with Crippen molar-refractivity contribution >= 4 is 23.4 Å². The van der Waals surface area contributed by atoms with E-state index >= 15 is 0 Å². The van der Waals surface area contributed by atoms with Gasteiger partial charge in [-0.25, -0.2) is 4.39 Å². The predicted molar refractivity (Wildman–Crippen MR) is 111 cm³/mol. The minimum Gasteiger partial charge on any atom is -0.325 e. The summed E-state index contributed by atoms with van der Waals surface area (Å²) in [5.74, 6) is 0.231. The van der Waals surface area contributed by atoms with E-state index in [2.05, 4.69) is 28.2 Å². The average Bonchev–Trinajstić information content (AvgIpc) is 3.12. The summed E-state index contributed by atoms with van der Waals surface area (Å²) in [6, 6.07) is 15.2. The standard InChI is InChI=1S/C21H18FN5OS/c1-2-13-27-20(16-5-7-17(22)8-6-16)25-26-21(27)29-14-19(28)24-18-9-3-15(4-10-18)11-12-23/h2-10H,1,11,13-14H2,(H,24,28). The quantitative estimate of drug-likeness (QED) is 0.450. The van der Waals surface area contributed by atoms with Crippen LogP contribution in [0.1, 0.15) is 5.56 Å². The number of nitrogens with zero attached hydrogens (tertiary/aromatic N) is 4. The minimum absolute atomic E-state index is 0.151. The average molecular weight is 407 g/mol. The van der Waals surface area contributed by atoms with Crippen molar-refractivity contribution in [1.82, 2.24) is 14.8 Å². The molecule has 0 atom stereocenters. The van der Waals surface area contributed by atoms with Crippen molar-refractivity contribution in [3.05, 3.63) is 72.6 Å². The molecule has 1 heterocycles. The zero-order valence-electron chi connectivity index (χ0n) is 15.5. The number of nitrogens with one attached hydrogen (secondary N) is 1. The molecule has 0 aliphatic carbocycles. The van der Waals surface area contributed by atoms with Crippen molar-refractivity contribution in [2.75, 3.05) is 11.1 Å². The number of hydrogen-bond donors (Lipinski definition) is 1. The summed E-state index contributed by atoms with van der Waals surface area (Å²) < 4.78 is 15.0. The highest BCUT2D eigenvalue weighted by atomic mass is 32.2. The Hall–Kier alpha value is -3.44. The molecule has 1 amide bonds. The Kier molecular flexibility index (Phi) is 6.76. The smallest absolute Gasteiger partial charge is 0.234 e. The monoisotopic (exact) mass is 407 g/mol. The SMILES string of the molecule is C=CCn1c(SCC(=O)Nc2ccc(CC#N)cc2)nnc1-c1ccc(F)cc1. The van der Waals surface area contributed by atoms with E-state index in [1.54, 1.807) is 30.3 Å². The van der Waals surface area contributed by atoms with Crippen LogP contribution in [0.2, 0.25) is 0 Å². The summed E-state index contributed by atoms with van der Waals surface area (Å²) in [6.45, 7) is 4.21. The van der Waals surface area contributed by atoms with Crippen LogP contribution in [0.5, 0.6) is 0 Å². The van der Waals surface area contributed by atoms with E-state index in [9.17, 15) is 9.18 Å². The first kappa shape index (κ1) is 20.3. The lowest BCUT2D eigenvalue weighted by Crippen LogP contribution is -2.14. The molecule has 8 heteroatoms. The first-order chi connectivity index (χ1) is 14.1. The maximum absolute atomic E-state index is 13.2. The van der Waals surface area contributed by atoms with Gasteiger partial charge in [0, 0.05) is 17.8 Å². The van der Waals surface area contributed by atoms with Gasteiger partial charge in [0.15, 0.2) is 11.0 Å². The summed E-state index contributed by atoms with van der Waals surface area (Å²) >= 11 is 1.26. The second-order valence-corrected chi connectivity index (χ2v) is 7.02. The second-order valence-electron chi connectivity index (χ2n) is 6.08. The molecule has 1 N–H and O–H groups in total. The van der Waals surface area contributed by atoms with E-state index in [-0.39, 0.29) is 17.5 Å². The summed E-state index contributed by atoms with van der Waals surface area (Å²) in [4.78, 5) is 12.3. The fourth-order valence-corrected chi connectivity index (χ4v) is 3.37. The van der Waals surface area contributed by atoms with Crippen LogP contribution in [0.4, 0.5) is 10.1 Å². The predicted octanol–water partition coefficient (Wildman–Crippen LogP) is 4.07. The van der Waals surface area contributed by atoms with Crippen LogP contribution >= 0.6 is 11.8 Å². The second kappa shape index (κ2) is 9.66. The number of halogens is 1. The number of amides is 1. The van der Waals surface area contributed by atoms with Gasteiger partial charge in [-0.05, 0) is 42.0 Å². The Bertz CT molecular complexity index is 1040. The Morgan fingerprint density at radius 1 is 1.21 bits per heavy atom. The lowest BCUT2D eigenvalue weighted by Gasteiger charge is -2.08. The lowest BCUT2D eigenvalue weighted by molar-refractivity contribution is -0.113. The number of carbonyl (C=O) groups is 1. The Labute approximate surface area is 172 Å². The number of hydrogen-bond acceptors (Lipinski definition) is 5. The molecule has 6 nitrogen and oxygen atoms in total. The molecule has 0 aliphatic rings. The normalized spacial score (nSPS) is 10.3. The highest BCUT2D eigenvalue weighted by molar-refractivity contribution is 7.99. The number of anilines is 1. The van der Waals surface area contributed by atoms with Crippen molar-refractivity contribution in [2.24, 2.45) is 0 Å². The number of thioether (sulfide) groups is 1. The number of allylic oxidation sites excluding steroid dienone is 1. The third kappa shape index (κ3) is 5.30. The van der Waals surface area contributed by atoms with Crippen LogP contribution in [0.25, 0.3) is 11.4 Å². The molecule has 0 saturated carbocycles. The van der Waals surface area contributed by atoms with Gasteiger partial charge in [-0.1, -0.05) is 30.0 Å². The molecular weight excluding hydrogens is 389 g/mol. The fourth-order valence-electron chi connectivity index (χ4n) is 2.63. The molecule has 3 aromatic rings. The van der Waals surface area contributed by atoms with Crippen LogP contribution < -0.4 is 5.32 Å². The van der Waals surface area contributed by atoms with Crippen molar-refractivity contribution in [3.8, 4) is 17.5 Å². The molecule has 1 aromatic heterocycles. The van der Waals surface area contributed by atoms with E-state index in [1.807, 2.05) is 16.7 Å². The van der Waals surface area contributed by atoms with E-state index in [0.29, 0.717) is 29.6 Å². The largest absolute Gasteiger partial charge is 0.325 e. The molecule has 2 aromatic carbocycles. The molecule has 3 rings (SSSR count). The molecule has 0 fully saturated rings. The van der Waals surface area contributed by atoms with Crippen molar-refractivity contribution in [3.63, 3.8) is 0 Å². The van der Waals surface area contributed by atoms with Crippen LogP contribution in [0.3, 0.4) is 0 Å². The van der Waals surface area contributed by atoms with Gasteiger partial charge in [0.2, 0.25) is 5.91 Å². The maximum Gasteiger partial charge on any atom is 0.234 e. The summed E-state index contributed by atoms with van der Waals surface area (Å²) in [5, 5.41) is 20.4. The zero-order valence-corrected chi connectivity index (χ0v) is 16.3. The number of aromatic nitrogens is 3. The van der Waals surface area contributed by atoms with Gasteiger partial charge in [0.05, 0.1) is 18.2 Å². The van der Waals surface area contributed by atoms with E-state index in [1.165, 1.54) is 23.9 Å². The van der Waals surface area contributed by atoms with Crippen LogP contribution in [-0.4, -0.2) is 26.4 Å². The zero-order chi connectivity index (χ0) is 20.6. The number of benzene rings is 2. The van der Waals surface area contributed by atoms with Crippen molar-refractivity contribution in [1.29, 1.82) is 5.26 Å². The lowest BCUT2D eigenvalue weighted by atomic mass is 10.1. The molecular formula is C21H18FN5OS. The van der Waals surface area contributed by atoms with Crippen molar-refractivity contribution < 1.29 is 9.18 Å². The molecule has 146 valence electrons. The van der Waals surface area contributed by atoms with Gasteiger partial charge < -0.3 is 5.32 Å². The van der Waals surface area contributed by atoms with E-state index < -0.39 is 0 Å². The van der Waals surface area contributed by atoms with Gasteiger partial charge in [-0.2, -0.15) is 5.26 Å². The minimum atomic E-state index is -0.324. The molecule has 0 unspecified atom stereocenters. The van der Waals surface area contributed by atoms with Gasteiger partial charge in [0.25, 0.3) is 0 Å². The fraction of sp³-hybridized carbons (Fsp3) is 0.143. The first-order valence-electron chi connectivity index (χ1n) is 8.79. The number of nitriles is 1. The molecule has 0 aliphatic heterocycles. The summed E-state index contributed by atoms with van der Waals surface area (Å²) in [6.07, 6.45) is 2.04. The van der Waals surface area contributed by atoms with Gasteiger partial charge in [-0.15, -0.1) is 16.8 Å². The number of carbonyl (C=O) groups excluding carboxylic acids is 1. The molecule has 29 heavy (non-hydrogen) atoms. The van der Waals surface area contributed by atoms with E-state index in [0.717, 1.165) is 11.1 Å². The van der Waals surface area contributed by atoms with Gasteiger partial charge in [0.1, 0.15) is 5.82 Å². The van der Waals surface area contributed by atoms with Gasteiger partial charge >= 0.3 is 0 Å². The topological polar surface area (TPSA) is 83.6 Å². The highest BCUT2D eigenvalue weighted by Crippen LogP contribution is 2.24. The summed E-state index contributed by atoms with van der Waals surface area (Å²) in [7, 11) is 0. The van der Waals surface area contributed by atoms with Crippen molar-refractivity contribution in [2.45, 2.75) is 18.1 Å². The van der Waals surface area contributed by atoms with Crippen LogP contribution in [0, 0.1) is 17.1 Å². The Morgan fingerprint density at radius 3 is 2.59 bits per heavy atom. The molecule has 0 bridgehead atoms. The maximum atomic E-state index is 13.2. The highest BCUT2D eigenvalue weighted by Gasteiger charge is 2.15. The van der Waals surface area contributed by atoms with E-state index in [4.69, 9.17) is 5.26 Å². The Morgan fingerprint density at radius 2 is 1.93 bits per heavy atom. The molecule has 0 saturated heterocycles.